The first-order chi connectivity index (χ1) is 5.69. The molecule has 1 aliphatic rings. The molecule has 0 amide bonds. The van der Waals surface area contributed by atoms with Crippen LogP contribution in [0.5, 0.6) is 0 Å². The summed E-state index contributed by atoms with van der Waals surface area (Å²) in [5.74, 6) is 0. The Morgan fingerprint density at radius 2 is 2.33 bits per heavy atom. The van der Waals surface area contributed by atoms with Crippen molar-refractivity contribution in [3.63, 3.8) is 0 Å². The van der Waals surface area contributed by atoms with Crippen LogP contribution in [-0.2, 0) is 0 Å². The number of hydrogen-bond donors (Lipinski definition) is 0. The van der Waals surface area contributed by atoms with E-state index in [9.17, 15) is 0 Å². The molecule has 1 rings (SSSR count). The minimum atomic E-state index is 0.665. The van der Waals surface area contributed by atoms with Gasteiger partial charge in [0.05, 0.1) is 11.6 Å². The van der Waals surface area contributed by atoms with Crippen LogP contribution in [0.3, 0.4) is 0 Å². The largest absolute Gasteiger partial charge is 0.325 e. The summed E-state index contributed by atoms with van der Waals surface area (Å²) in [6, 6.07) is 2.10. The molecule has 2 heteroatoms. The Bertz CT molecular complexity index is 326. The normalized spacial score (nSPS) is 16.3. The number of hydrogen-bond acceptors (Lipinski definition) is 2. The third-order valence-electron chi connectivity index (χ3n) is 1.72. The zero-order valence-electron chi connectivity index (χ0n) is 7.04. The second-order valence-corrected chi connectivity index (χ2v) is 2.56. The van der Waals surface area contributed by atoms with Crippen LogP contribution in [0.1, 0.15) is 6.92 Å². The highest BCUT2D eigenvalue weighted by Gasteiger charge is 2.09. The molecule has 12 heavy (non-hydrogen) atoms. The maximum Gasteiger partial charge on any atom is 0.0995 e. The van der Waals surface area contributed by atoms with E-state index in [1.807, 2.05) is 13.1 Å². The number of nitrogens with zero attached hydrogens (tertiary/aromatic N) is 2. The van der Waals surface area contributed by atoms with E-state index in [-0.39, 0.29) is 0 Å². The van der Waals surface area contributed by atoms with Crippen LogP contribution in [0.25, 0.3) is 0 Å². The molecule has 1 aliphatic heterocycles. The lowest BCUT2D eigenvalue weighted by molar-refractivity contribution is 0.642. The van der Waals surface area contributed by atoms with E-state index in [1.54, 1.807) is 17.2 Å². The quantitative estimate of drug-likeness (QED) is 0.585. The molecule has 0 bridgehead atoms. The second kappa shape index (κ2) is 3.10. The van der Waals surface area contributed by atoms with Gasteiger partial charge >= 0.3 is 0 Å². The van der Waals surface area contributed by atoms with E-state index in [1.165, 1.54) is 0 Å². The average Bonchev–Trinajstić information content (AvgIpc) is 2.08. The molecular weight excluding hydrogens is 148 g/mol. The highest BCUT2D eigenvalue weighted by molar-refractivity contribution is 5.48. The molecule has 0 N–H and O–H groups in total. The zero-order chi connectivity index (χ0) is 9.14. The third-order valence-corrected chi connectivity index (χ3v) is 1.72. The van der Waals surface area contributed by atoms with Crippen LogP contribution in [0.4, 0.5) is 0 Å². The van der Waals surface area contributed by atoms with E-state index in [0.717, 1.165) is 11.3 Å². The Labute approximate surface area is 72.4 Å². The van der Waals surface area contributed by atoms with Gasteiger partial charge in [-0.1, -0.05) is 13.2 Å². The minimum absolute atomic E-state index is 0.665. The van der Waals surface area contributed by atoms with Crippen molar-refractivity contribution in [2.45, 2.75) is 6.92 Å². The highest BCUT2D eigenvalue weighted by atomic mass is 15.1. The van der Waals surface area contributed by atoms with Gasteiger partial charge in [0.1, 0.15) is 0 Å². The van der Waals surface area contributed by atoms with Crippen molar-refractivity contribution in [1.29, 1.82) is 5.26 Å². The van der Waals surface area contributed by atoms with Gasteiger partial charge in [0.15, 0.2) is 0 Å². The molecular formula is C10H10N2. The van der Waals surface area contributed by atoms with Gasteiger partial charge in [-0.3, -0.25) is 0 Å². The van der Waals surface area contributed by atoms with Crippen molar-refractivity contribution < 1.29 is 0 Å². The Balaban J connectivity index is 3.05. The van der Waals surface area contributed by atoms with Gasteiger partial charge < -0.3 is 4.90 Å². The van der Waals surface area contributed by atoms with Gasteiger partial charge in [-0.15, -0.1) is 0 Å². The number of rotatable bonds is 1. The molecule has 0 spiro atoms. The van der Waals surface area contributed by atoms with Crippen LogP contribution in [0.2, 0.25) is 0 Å². The van der Waals surface area contributed by atoms with Gasteiger partial charge in [-0.05, 0) is 18.6 Å². The van der Waals surface area contributed by atoms with Gasteiger partial charge in [0.2, 0.25) is 0 Å². The van der Waals surface area contributed by atoms with Crippen LogP contribution in [0.15, 0.2) is 48.5 Å². The predicted octanol–water partition coefficient (Wildman–Crippen LogP) is 2.31. The fraction of sp³-hybridized carbons (Fsp3) is 0.100. The SMILES string of the molecule is C=CN1C=C(C)C(C#N)=CC1=C. The Morgan fingerprint density at radius 1 is 1.67 bits per heavy atom. The summed E-state index contributed by atoms with van der Waals surface area (Å²) in [5.41, 5.74) is 2.37. The first kappa shape index (κ1) is 8.35. The summed E-state index contributed by atoms with van der Waals surface area (Å²) in [7, 11) is 0. The van der Waals surface area contributed by atoms with E-state index in [4.69, 9.17) is 5.26 Å². The zero-order valence-corrected chi connectivity index (χ0v) is 7.04. The topological polar surface area (TPSA) is 27.0 Å². The lowest BCUT2D eigenvalue weighted by atomic mass is 10.1. The molecule has 0 aliphatic carbocycles. The van der Waals surface area contributed by atoms with Gasteiger partial charge in [0, 0.05) is 18.1 Å². The fourth-order valence-electron chi connectivity index (χ4n) is 1.01. The van der Waals surface area contributed by atoms with E-state index >= 15 is 0 Å². The van der Waals surface area contributed by atoms with Crippen molar-refractivity contribution in [1.82, 2.24) is 4.90 Å². The Morgan fingerprint density at radius 3 is 2.83 bits per heavy atom. The van der Waals surface area contributed by atoms with Crippen molar-refractivity contribution in [2.75, 3.05) is 0 Å². The highest BCUT2D eigenvalue weighted by Crippen LogP contribution is 2.20. The van der Waals surface area contributed by atoms with Crippen LogP contribution < -0.4 is 0 Å². The monoisotopic (exact) mass is 158 g/mol. The van der Waals surface area contributed by atoms with E-state index in [0.29, 0.717) is 5.57 Å². The Kier molecular flexibility index (Phi) is 2.16. The molecule has 0 radical (unpaired) electrons. The summed E-state index contributed by atoms with van der Waals surface area (Å²) in [5, 5.41) is 8.69. The van der Waals surface area contributed by atoms with E-state index in [2.05, 4.69) is 19.2 Å². The fourth-order valence-corrected chi connectivity index (χ4v) is 1.01. The maximum absolute atomic E-state index is 8.69. The molecule has 2 nitrogen and oxygen atoms in total. The molecule has 0 aromatic heterocycles. The molecule has 0 fully saturated rings. The molecule has 0 aromatic rings. The molecule has 0 aromatic carbocycles. The standard InChI is InChI=1S/C10H10N2/c1-4-12-7-8(2)10(6-11)5-9(12)3/h4-5,7H,1,3H2,2H3. The van der Waals surface area contributed by atoms with Crippen molar-refractivity contribution in [2.24, 2.45) is 0 Å². The molecule has 0 saturated heterocycles. The van der Waals surface area contributed by atoms with Crippen LogP contribution >= 0.6 is 0 Å². The predicted molar refractivity (Wildman–Crippen MR) is 48.6 cm³/mol. The third kappa shape index (κ3) is 1.30. The Hall–Kier alpha value is -1.75. The van der Waals surface area contributed by atoms with Crippen molar-refractivity contribution in [3.05, 3.63) is 48.5 Å². The maximum atomic E-state index is 8.69. The molecule has 0 atom stereocenters. The second-order valence-electron chi connectivity index (χ2n) is 2.56. The smallest absolute Gasteiger partial charge is 0.0995 e. The lowest BCUT2D eigenvalue weighted by Crippen LogP contribution is -2.11. The van der Waals surface area contributed by atoms with Gasteiger partial charge in [-0.2, -0.15) is 5.26 Å². The molecule has 0 unspecified atom stereocenters. The van der Waals surface area contributed by atoms with Crippen molar-refractivity contribution in [3.8, 4) is 6.07 Å². The molecule has 60 valence electrons. The van der Waals surface area contributed by atoms with Crippen molar-refractivity contribution >= 4 is 0 Å². The number of allylic oxidation sites excluding steroid dienone is 3. The molecule has 1 heterocycles. The van der Waals surface area contributed by atoms with Gasteiger partial charge in [-0.25, -0.2) is 0 Å². The average molecular weight is 158 g/mol. The summed E-state index contributed by atoms with van der Waals surface area (Å²) in [6.07, 6.45) is 5.25. The first-order valence-corrected chi connectivity index (χ1v) is 3.59. The van der Waals surface area contributed by atoms with Gasteiger partial charge in [0.25, 0.3) is 0 Å². The summed E-state index contributed by atoms with van der Waals surface area (Å²) in [6.45, 7) is 9.30. The summed E-state index contributed by atoms with van der Waals surface area (Å²) >= 11 is 0. The molecule has 0 saturated carbocycles. The van der Waals surface area contributed by atoms with Crippen LogP contribution in [-0.4, -0.2) is 4.90 Å². The minimum Gasteiger partial charge on any atom is -0.325 e. The number of nitriles is 1. The van der Waals surface area contributed by atoms with Crippen LogP contribution in [0, 0.1) is 11.3 Å². The van der Waals surface area contributed by atoms with E-state index < -0.39 is 0 Å². The summed E-state index contributed by atoms with van der Waals surface area (Å²) < 4.78 is 0. The summed E-state index contributed by atoms with van der Waals surface area (Å²) in [4.78, 5) is 1.79. The lowest BCUT2D eigenvalue weighted by Gasteiger charge is -2.20. The first-order valence-electron chi connectivity index (χ1n) is 3.59.